The van der Waals surface area contributed by atoms with E-state index in [0.29, 0.717) is 0 Å². The molecule has 3 heteroatoms. The number of nitrogens with zero attached hydrogens (tertiary/aromatic N) is 2. The van der Waals surface area contributed by atoms with Crippen molar-refractivity contribution in [3.8, 4) is 0 Å². The molecule has 0 aromatic carbocycles. The summed E-state index contributed by atoms with van der Waals surface area (Å²) >= 11 is 6.28. The third-order valence-electron chi connectivity index (χ3n) is 2.10. The van der Waals surface area contributed by atoms with E-state index in [1.807, 2.05) is 31.3 Å². The number of rotatable bonds is 1. The summed E-state index contributed by atoms with van der Waals surface area (Å²) in [5.41, 5.74) is 1.20. The van der Waals surface area contributed by atoms with E-state index in [9.17, 15) is 0 Å². The molecule has 0 aliphatic heterocycles. The zero-order chi connectivity index (χ0) is 10.9. The van der Waals surface area contributed by atoms with Crippen LogP contribution in [0.5, 0.6) is 0 Å². The molecule has 1 heterocycles. The van der Waals surface area contributed by atoms with E-state index in [0.717, 1.165) is 16.4 Å². The fourth-order valence-corrected chi connectivity index (χ4v) is 1.89. The number of halogens is 1. The molecule has 2 nitrogen and oxygen atoms in total. The molecular formula is C11H17ClN2. The van der Waals surface area contributed by atoms with Crippen LogP contribution in [0.4, 0.5) is 5.82 Å². The molecule has 14 heavy (non-hydrogen) atoms. The maximum atomic E-state index is 6.28. The monoisotopic (exact) mass is 212 g/mol. The Labute approximate surface area is 90.9 Å². The van der Waals surface area contributed by atoms with Crippen LogP contribution in [0, 0.1) is 0 Å². The summed E-state index contributed by atoms with van der Waals surface area (Å²) in [6.45, 7) is 6.44. The third kappa shape index (κ3) is 2.18. The highest BCUT2D eigenvalue weighted by molar-refractivity contribution is 6.33. The maximum Gasteiger partial charge on any atom is 0.147 e. The lowest BCUT2D eigenvalue weighted by Crippen LogP contribution is -2.16. The molecule has 0 aliphatic carbocycles. The molecule has 0 atom stereocenters. The van der Waals surface area contributed by atoms with Crippen molar-refractivity contribution in [1.29, 1.82) is 0 Å². The summed E-state index contributed by atoms with van der Waals surface area (Å²) in [4.78, 5) is 6.17. The van der Waals surface area contributed by atoms with Crippen molar-refractivity contribution in [2.45, 2.75) is 26.2 Å². The minimum absolute atomic E-state index is 0.0603. The van der Waals surface area contributed by atoms with Gasteiger partial charge in [-0.3, -0.25) is 0 Å². The average molecular weight is 213 g/mol. The minimum Gasteiger partial charge on any atom is -0.362 e. The Morgan fingerprint density at radius 1 is 1.29 bits per heavy atom. The molecule has 0 N–H and O–H groups in total. The zero-order valence-electron chi connectivity index (χ0n) is 9.43. The predicted octanol–water partition coefficient (Wildman–Crippen LogP) is 3.10. The summed E-state index contributed by atoms with van der Waals surface area (Å²) in [6.07, 6.45) is 1.81. The molecule has 1 aromatic heterocycles. The first-order valence-electron chi connectivity index (χ1n) is 4.66. The van der Waals surface area contributed by atoms with E-state index in [1.165, 1.54) is 0 Å². The zero-order valence-corrected chi connectivity index (χ0v) is 10.2. The molecule has 0 unspecified atom stereocenters. The van der Waals surface area contributed by atoms with Gasteiger partial charge in [0, 0.05) is 20.3 Å². The van der Waals surface area contributed by atoms with Crippen LogP contribution in [0.1, 0.15) is 26.3 Å². The fourth-order valence-electron chi connectivity index (χ4n) is 1.32. The van der Waals surface area contributed by atoms with Crippen molar-refractivity contribution in [1.82, 2.24) is 4.98 Å². The third-order valence-corrected chi connectivity index (χ3v) is 2.48. The Hall–Kier alpha value is -0.760. The van der Waals surface area contributed by atoms with Gasteiger partial charge in [0.2, 0.25) is 0 Å². The first-order chi connectivity index (χ1) is 6.34. The number of anilines is 1. The van der Waals surface area contributed by atoms with Crippen LogP contribution in [-0.4, -0.2) is 19.1 Å². The second-order valence-corrected chi connectivity index (χ2v) is 5.02. The van der Waals surface area contributed by atoms with E-state index in [4.69, 9.17) is 11.6 Å². The highest BCUT2D eigenvalue weighted by Crippen LogP contribution is 2.33. The lowest BCUT2D eigenvalue weighted by Gasteiger charge is -2.23. The van der Waals surface area contributed by atoms with E-state index in [-0.39, 0.29) is 5.41 Å². The quantitative estimate of drug-likeness (QED) is 0.711. The van der Waals surface area contributed by atoms with Crippen molar-refractivity contribution in [3.05, 3.63) is 22.8 Å². The molecule has 1 aromatic rings. The molecule has 0 amide bonds. The fraction of sp³-hybridized carbons (Fsp3) is 0.545. The molecule has 0 radical (unpaired) electrons. The van der Waals surface area contributed by atoms with Crippen LogP contribution in [0.25, 0.3) is 0 Å². The SMILES string of the molecule is CN(C)c1nccc(C(C)(C)C)c1Cl. The topological polar surface area (TPSA) is 16.1 Å². The van der Waals surface area contributed by atoms with Gasteiger partial charge >= 0.3 is 0 Å². The van der Waals surface area contributed by atoms with Gasteiger partial charge in [0.1, 0.15) is 5.82 Å². The van der Waals surface area contributed by atoms with E-state index >= 15 is 0 Å². The summed E-state index contributed by atoms with van der Waals surface area (Å²) in [5, 5.41) is 0.755. The highest BCUT2D eigenvalue weighted by atomic mass is 35.5. The molecule has 0 saturated carbocycles. The number of aromatic nitrogens is 1. The van der Waals surface area contributed by atoms with Crippen molar-refractivity contribution >= 4 is 17.4 Å². The molecule has 78 valence electrons. The summed E-state index contributed by atoms with van der Waals surface area (Å²) in [6, 6.07) is 1.98. The van der Waals surface area contributed by atoms with Crippen LogP contribution in [0.15, 0.2) is 12.3 Å². The Morgan fingerprint density at radius 3 is 2.29 bits per heavy atom. The Balaban J connectivity index is 3.28. The van der Waals surface area contributed by atoms with E-state index in [1.54, 1.807) is 0 Å². The predicted molar refractivity (Wildman–Crippen MR) is 62.3 cm³/mol. The largest absolute Gasteiger partial charge is 0.362 e. The van der Waals surface area contributed by atoms with Gasteiger partial charge in [-0.2, -0.15) is 0 Å². The lowest BCUT2D eigenvalue weighted by molar-refractivity contribution is 0.589. The van der Waals surface area contributed by atoms with E-state index in [2.05, 4.69) is 25.8 Å². The van der Waals surface area contributed by atoms with Crippen LogP contribution in [-0.2, 0) is 5.41 Å². The van der Waals surface area contributed by atoms with Gasteiger partial charge in [0.15, 0.2) is 0 Å². The minimum atomic E-state index is 0.0603. The van der Waals surface area contributed by atoms with Gasteiger partial charge in [-0.15, -0.1) is 0 Å². The number of pyridine rings is 1. The Morgan fingerprint density at radius 2 is 1.86 bits per heavy atom. The molecule has 0 bridgehead atoms. The average Bonchev–Trinajstić information content (AvgIpc) is 2.01. The van der Waals surface area contributed by atoms with Crippen LogP contribution >= 0.6 is 11.6 Å². The highest BCUT2D eigenvalue weighted by Gasteiger charge is 2.20. The van der Waals surface area contributed by atoms with Gasteiger partial charge in [-0.25, -0.2) is 4.98 Å². The van der Waals surface area contributed by atoms with E-state index < -0.39 is 0 Å². The van der Waals surface area contributed by atoms with Crippen molar-refractivity contribution in [2.24, 2.45) is 0 Å². The van der Waals surface area contributed by atoms with Gasteiger partial charge in [0.05, 0.1) is 5.02 Å². The van der Waals surface area contributed by atoms with Gasteiger partial charge in [0.25, 0.3) is 0 Å². The van der Waals surface area contributed by atoms with Crippen LogP contribution in [0.2, 0.25) is 5.02 Å². The Kier molecular flexibility index (Phi) is 3.05. The summed E-state index contributed by atoms with van der Waals surface area (Å²) < 4.78 is 0. The molecule has 1 rings (SSSR count). The smallest absolute Gasteiger partial charge is 0.147 e. The van der Waals surface area contributed by atoms with Crippen molar-refractivity contribution < 1.29 is 0 Å². The molecule has 0 aliphatic rings. The molecular weight excluding hydrogens is 196 g/mol. The summed E-state index contributed by atoms with van der Waals surface area (Å²) in [7, 11) is 3.89. The van der Waals surface area contributed by atoms with Crippen LogP contribution in [0.3, 0.4) is 0 Å². The normalized spacial score (nSPS) is 11.6. The van der Waals surface area contributed by atoms with Gasteiger partial charge < -0.3 is 4.90 Å². The Bertz CT molecular complexity index is 327. The first-order valence-corrected chi connectivity index (χ1v) is 5.04. The van der Waals surface area contributed by atoms with Crippen molar-refractivity contribution in [2.75, 3.05) is 19.0 Å². The van der Waals surface area contributed by atoms with Gasteiger partial charge in [-0.1, -0.05) is 32.4 Å². The standard InChI is InChI=1S/C11H17ClN2/c1-11(2,3)8-6-7-13-10(9(8)12)14(4)5/h6-7H,1-5H3. The lowest BCUT2D eigenvalue weighted by atomic mass is 9.87. The number of hydrogen-bond donors (Lipinski definition) is 0. The second kappa shape index (κ2) is 3.77. The van der Waals surface area contributed by atoms with Crippen LogP contribution < -0.4 is 4.90 Å². The summed E-state index contributed by atoms with van der Waals surface area (Å²) in [5.74, 6) is 0.832. The number of hydrogen-bond acceptors (Lipinski definition) is 2. The molecule has 0 saturated heterocycles. The second-order valence-electron chi connectivity index (χ2n) is 4.64. The van der Waals surface area contributed by atoms with Crippen molar-refractivity contribution in [3.63, 3.8) is 0 Å². The first kappa shape index (κ1) is 11.3. The molecule has 0 spiro atoms. The molecule has 0 fully saturated rings. The maximum absolute atomic E-state index is 6.28. The van der Waals surface area contributed by atoms with Gasteiger partial charge in [-0.05, 0) is 17.0 Å².